The van der Waals surface area contributed by atoms with Crippen LogP contribution >= 0.6 is 0 Å². The summed E-state index contributed by atoms with van der Waals surface area (Å²) >= 11 is 0. The van der Waals surface area contributed by atoms with Gasteiger partial charge in [-0.3, -0.25) is 0 Å². The molecule has 1 aromatic rings. The first-order valence-electron chi connectivity index (χ1n) is 11.0. The van der Waals surface area contributed by atoms with Crippen molar-refractivity contribution in [1.29, 1.82) is 0 Å². The Hall–Kier alpha value is -0.410. The molecule has 0 bridgehead atoms. The fraction of sp³-hybridized carbons (Fsp3) is 0.783. The van der Waals surface area contributed by atoms with Crippen LogP contribution in [0.5, 0.6) is 0 Å². The highest BCUT2D eigenvalue weighted by Gasteiger charge is 2.08. The van der Waals surface area contributed by atoms with E-state index in [0.29, 0.717) is 6.61 Å². The van der Waals surface area contributed by atoms with Crippen LogP contribution in [0.3, 0.4) is 0 Å². The van der Waals surface area contributed by atoms with E-state index in [9.17, 15) is 0 Å². The lowest BCUT2D eigenvalue weighted by Gasteiger charge is -2.05. The first-order chi connectivity index (χ1) is 12.4. The zero-order chi connectivity index (χ0) is 18.0. The van der Waals surface area contributed by atoms with Crippen LogP contribution in [-0.2, 0) is 13.0 Å². The second-order valence-electron chi connectivity index (χ2n) is 7.46. The molecule has 0 radical (unpaired) electrons. The van der Waals surface area contributed by atoms with Crippen LogP contribution in [0.25, 0.3) is 0 Å². The third-order valence-corrected chi connectivity index (χ3v) is 5.13. The van der Waals surface area contributed by atoms with Crippen molar-refractivity contribution >= 4 is 0 Å². The maximum absolute atomic E-state index is 8.75. The Kier molecular flexibility index (Phi) is 19.0. The molecular formula is C23H42BrNO. The van der Waals surface area contributed by atoms with Crippen molar-refractivity contribution in [2.75, 3.05) is 6.61 Å². The molecule has 1 aromatic heterocycles. The van der Waals surface area contributed by atoms with Crippen LogP contribution < -0.4 is 21.5 Å². The Labute approximate surface area is 173 Å². The number of halogens is 1. The monoisotopic (exact) mass is 427 g/mol. The number of aryl methyl sites for hydroxylation is 2. The lowest BCUT2D eigenvalue weighted by atomic mass is 10.1. The first-order valence-corrected chi connectivity index (χ1v) is 11.0. The summed E-state index contributed by atoms with van der Waals surface area (Å²) in [5.41, 5.74) is 1.52. The van der Waals surface area contributed by atoms with Gasteiger partial charge in [0.15, 0.2) is 11.9 Å². The summed E-state index contributed by atoms with van der Waals surface area (Å²) in [6.45, 7) is 3.82. The van der Waals surface area contributed by atoms with Gasteiger partial charge in [-0.15, -0.1) is 0 Å². The smallest absolute Gasteiger partial charge is 0.181 e. The van der Waals surface area contributed by atoms with Gasteiger partial charge in [-0.05, 0) is 19.3 Å². The molecule has 0 aliphatic heterocycles. The summed E-state index contributed by atoms with van der Waals surface area (Å²) in [5.74, 6) is 0. The van der Waals surface area contributed by atoms with Crippen LogP contribution in [-0.4, -0.2) is 11.7 Å². The quantitative estimate of drug-likeness (QED) is 0.299. The van der Waals surface area contributed by atoms with E-state index in [1.165, 1.54) is 102 Å². The van der Waals surface area contributed by atoms with Crippen LogP contribution in [0.1, 0.15) is 103 Å². The molecule has 26 heavy (non-hydrogen) atoms. The van der Waals surface area contributed by atoms with E-state index < -0.39 is 0 Å². The van der Waals surface area contributed by atoms with Gasteiger partial charge in [0.05, 0.1) is 0 Å². The van der Waals surface area contributed by atoms with Crippen molar-refractivity contribution in [3.8, 4) is 0 Å². The number of aliphatic hydroxyl groups excluding tert-OH is 1. The molecule has 0 aliphatic rings. The molecule has 0 amide bonds. The Balaban J connectivity index is 0.00000625. The molecule has 0 atom stereocenters. The number of hydrogen-bond donors (Lipinski definition) is 1. The van der Waals surface area contributed by atoms with Gasteiger partial charge in [-0.25, -0.2) is 4.57 Å². The van der Waals surface area contributed by atoms with Gasteiger partial charge >= 0.3 is 0 Å². The average Bonchev–Trinajstić information content (AvgIpc) is 2.64. The van der Waals surface area contributed by atoms with E-state index in [2.05, 4.69) is 35.9 Å². The van der Waals surface area contributed by atoms with Crippen molar-refractivity contribution in [2.45, 2.75) is 110 Å². The van der Waals surface area contributed by atoms with E-state index in [1.807, 2.05) is 0 Å². The van der Waals surface area contributed by atoms with Crippen molar-refractivity contribution < 1.29 is 26.7 Å². The van der Waals surface area contributed by atoms with Gasteiger partial charge in [0, 0.05) is 31.6 Å². The summed E-state index contributed by atoms with van der Waals surface area (Å²) in [6.07, 6.45) is 21.9. The van der Waals surface area contributed by atoms with Crippen LogP contribution in [0, 0.1) is 0 Å². The molecule has 0 aromatic carbocycles. The minimum Gasteiger partial charge on any atom is -1.00 e. The van der Waals surface area contributed by atoms with Gasteiger partial charge < -0.3 is 22.1 Å². The molecule has 0 spiro atoms. The molecule has 0 saturated heterocycles. The fourth-order valence-electron chi connectivity index (χ4n) is 3.50. The van der Waals surface area contributed by atoms with Gasteiger partial charge in [0.1, 0.15) is 6.54 Å². The number of aliphatic hydroxyl groups is 1. The zero-order valence-corrected chi connectivity index (χ0v) is 18.7. The van der Waals surface area contributed by atoms with Crippen LogP contribution in [0.4, 0.5) is 0 Å². The molecule has 3 heteroatoms. The summed E-state index contributed by atoms with van der Waals surface area (Å²) in [7, 11) is 0. The molecule has 1 N–H and O–H groups in total. The van der Waals surface area contributed by atoms with Gasteiger partial charge in [0.2, 0.25) is 0 Å². The van der Waals surface area contributed by atoms with Crippen molar-refractivity contribution in [1.82, 2.24) is 0 Å². The Bertz CT molecular complexity index is 411. The maximum atomic E-state index is 8.75. The standard InChI is InChI=1S/C23H42NO.BrH/c1-2-3-4-13-18-23-19-14-16-21-24(23)20-15-11-9-7-5-6-8-10-12-17-22-25;/h14,16,19,21,25H,2-13,15,17-18,20,22H2,1H3;1H/q+1;/p-1. The Morgan fingerprint density at radius 3 is 1.92 bits per heavy atom. The van der Waals surface area contributed by atoms with E-state index in [1.54, 1.807) is 0 Å². The molecule has 0 saturated carbocycles. The lowest BCUT2D eigenvalue weighted by molar-refractivity contribution is -0.704. The predicted molar refractivity (Wildman–Crippen MR) is 108 cm³/mol. The number of aromatic nitrogens is 1. The van der Waals surface area contributed by atoms with E-state index in [4.69, 9.17) is 5.11 Å². The SMILES string of the molecule is CCCCCCc1cccc[n+]1CCCCCCCCCCCCO.[Br-]. The highest BCUT2D eigenvalue weighted by molar-refractivity contribution is 4.97. The zero-order valence-electron chi connectivity index (χ0n) is 17.1. The minimum absolute atomic E-state index is 0. The minimum atomic E-state index is 0. The van der Waals surface area contributed by atoms with Gasteiger partial charge in [-0.2, -0.15) is 0 Å². The normalized spacial score (nSPS) is 10.7. The van der Waals surface area contributed by atoms with E-state index in [-0.39, 0.29) is 17.0 Å². The molecule has 1 rings (SSSR count). The Morgan fingerprint density at radius 2 is 1.31 bits per heavy atom. The molecule has 1 heterocycles. The van der Waals surface area contributed by atoms with Crippen LogP contribution in [0.2, 0.25) is 0 Å². The van der Waals surface area contributed by atoms with E-state index >= 15 is 0 Å². The summed E-state index contributed by atoms with van der Waals surface area (Å²) < 4.78 is 2.48. The molecule has 2 nitrogen and oxygen atoms in total. The second kappa shape index (κ2) is 19.4. The van der Waals surface area contributed by atoms with Gasteiger partial charge in [-0.1, -0.05) is 77.2 Å². The highest BCUT2D eigenvalue weighted by atomic mass is 79.9. The average molecular weight is 428 g/mol. The number of hydrogen-bond acceptors (Lipinski definition) is 1. The number of nitrogens with zero attached hydrogens (tertiary/aromatic N) is 1. The van der Waals surface area contributed by atoms with Crippen LogP contribution in [0.15, 0.2) is 24.4 Å². The first kappa shape index (κ1) is 25.6. The maximum Gasteiger partial charge on any atom is 0.181 e. The van der Waals surface area contributed by atoms with Crippen molar-refractivity contribution in [3.63, 3.8) is 0 Å². The van der Waals surface area contributed by atoms with Crippen molar-refractivity contribution in [3.05, 3.63) is 30.1 Å². The highest BCUT2D eigenvalue weighted by Crippen LogP contribution is 2.11. The van der Waals surface area contributed by atoms with E-state index in [0.717, 1.165) is 6.42 Å². The topological polar surface area (TPSA) is 24.1 Å². The number of pyridine rings is 1. The fourth-order valence-corrected chi connectivity index (χ4v) is 3.50. The predicted octanol–water partition coefficient (Wildman–Crippen LogP) is 2.99. The van der Waals surface area contributed by atoms with Crippen molar-refractivity contribution in [2.24, 2.45) is 0 Å². The van der Waals surface area contributed by atoms with Gasteiger partial charge in [0.25, 0.3) is 0 Å². The Morgan fingerprint density at radius 1 is 0.731 bits per heavy atom. The third kappa shape index (κ3) is 13.7. The largest absolute Gasteiger partial charge is 1.00 e. The number of unbranched alkanes of at least 4 members (excludes halogenated alkanes) is 12. The molecular weight excluding hydrogens is 386 g/mol. The number of rotatable bonds is 17. The molecule has 152 valence electrons. The molecule has 0 aliphatic carbocycles. The summed E-state index contributed by atoms with van der Waals surface area (Å²) in [5, 5.41) is 8.75. The molecule has 0 fully saturated rings. The third-order valence-electron chi connectivity index (χ3n) is 5.13. The second-order valence-corrected chi connectivity index (χ2v) is 7.46. The molecule has 0 unspecified atom stereocenters. The summed E-state index contributed by atoms with van der Waals surface area (Å²) in [6, 6.07) is 6.67. The lowest BCUT2D eigenvalue weighted by Crippen LogP contribution is -3.00. The summed E-state index contributed by atoms with van der Waals surface area (Å²) in [4.78, 5) is 0.